The summed E-state index contributed by atoms with van der Waals surface area (Å²) in [6.45, 7) is 0.791. The third-order valence-electron chi connectivity index (χ3n) is 3.97. The minimum absolute atomic E-state index is 0.00514. The fourth-order valence-corrected chi connectivity index (χ4v) is 3.15. The maximum atomic E-state index is 11.7. The van der Waals surface area contributed by atoms with Gasteiger partial charge in [0.15, 0.2) is 0 Å². The van der Waals surface area contributed by atoms with Crippen LogP contribution in [-0.2, 0) is 0 Å². The monoisotopic (exact) mass is 258 g/mol. The molecule has 0 aromatic rings. The predicted molar refractivity (Wildman–Crippen MR) is 70.2 cm³/mol. The van der Waals surface area contributed by atoms with Crippen LogP contribution >= 0.6 is 11.8 Å². The lowest BCUT2D eigenvalue weighted by atomic mass is 10.1. The summed E-state index contributed by atoms with van der Waals surface area (Å²) in [7, 11) is 0. The predicted octanol–water partition coefficient (Wildman–Crippen LogP) is 1.34. The van der Waals surface area contributed by atoms with E-state index in [9.17, 15) is 4.79 Å². The Bertz CT molecular complexity index is 282. The third-order valence-corrected chi connectivity index (χ3v) is 5.06. The molecule has 0 radical (unpaired) electrons. The van der Waals surface area contributed by atoms with Gasteiger partial charge in [0.2, 0.25) is 0 Å². The number of hydrogen-bond donors (Lipinski definition) is 3. The molecule has 0 bridgehead atoms. The minimum Gasteiger partial charge on any atom is -0.396 e. The highest BCUT2D eigenvalue weighted by molar-refractivity contribution is 7.99. The van der Waals surface area contributed by atoms with Gasteiger partial charge < -0.3 is 15.7 Å². The van der Waals surface area contributed by atoms with Gasteiger partial charge in [0.25, 0.3) is 0 Å². The quantitative estimate of drug-likeness (QED) is 0.697. The van der Waals surface area contributed by atoms with E-state index in [0.29, 0.717) is 17.8 Å². The Labute approximate surface area is 107 Å². The number of hydrogen-bond acceptors (Lipinski definition) is 3. The second-order valence-corrected chi connectivity index (χ2v) is 6.49. The Hall–Kier alpha value is -0.420. The van der Waals surface area contributed by atoms with Gasteiger partial charge in [-0.25, -0.2) is 4.79 Å². The molecule has 2 unspecified atom stereocenters. The summed E-state index contributed by atoms with van der Waals surface area (Å²) in [6.07, 6.45) is 7.56. The van der Waals surface area contributed by atoms with Crippen molar-refractivity contribution in [1.82, 2.24) is 10.6 Å². The maximum absolute atomic E-state index is 11.7. The highest BCUT2D eigenvalue weighted by Crippen LogP contribution is 2.44. The molecule has 2 aliphatic rings. The number of rotatable bonds is 5. The zero-order valence-corrected chi connectivity index (χ0v) is 11.2. The largest absolute Gasteiger partial charge is 0.396 e. The van der Waals surface area contributed by atoms with Gasteiger partial charge >= 0.3 is 6.03 Å². The first kappa shape index (κ1) is 13.0. The number of nitrogens with one attached hydrogen (secondary N) is 2. The van der Waals surface area contributed by atoms with Crippen LogP contribution in [0.25, 0.3) is 0 Å². The van der Waals surface area contributed by atoms with Gasteiger partial charge in [0.1, 0.15) is 0 Å². The summed E-state index contributed by atoms with van der Waals surface area (Å²) in [5, 5.41) is 15.7. The normalized spacial score (nSPS) is 30.0. The maximum Gasteiger partial charge on any atom is 0.315 e. The first-order valence-electron chi connectivity index (χ1n) is 6.35. The fourth-order valence-electron chi connectivity index (χ4n) is 2.36. The number of carbonyl (C=O) groups excluding carboxylic acids is 1. The molecule has 17 heavy (non-hydrogen) atoms. The van der Waals surface area contributed by atoms with Crippen molar-refractivity contribution in [3.63, 3.8) is 0 Å². The van der Waals surface area contributed by atoms with Crippen LogP contribution in [0.1, 0.15) is 32.1 Å². The van der Waals surface area contributed by atoms with Crippen LogP contribution in [0.15, 0.2) is 0 Å². The molecule has 3 N–H and O–H groups in total. The summed E-state index contributed by atoms with van der Waals surface area (Å²) in [5.74, 6) is 0. The van der Waals surface area contributed by atoms with E-state index in [-0.39, 0.29) is 18.1 Å². The fraction of sp³-hybridized carbons (Fsp3) is 0.917. The number of thioether (sulfide) groups is 1. The number of amides is 2. The molecule has 2 saturated carbocycles. The van der Waals surface area contributed by atoms with E-state index in [1.807, 2.05) is 11.8 Å². The molecule has 5 heteroatoms. The minimum atomic E-state index is -0.0727. The molecule has 0 aliphatic heterocycles. The van der Waals surface area contributed by atoms with E-state index in [1.54, 1.807) is 0 Å². The second-order valence-electron chi connectivity index (χ2n) is 5.35. The van der Waals surface area contributed by atoms with Gasteiger partial charge in [-0.15, -0.1) is 0 Å². The first-order chi connectivity index (χ1) is 8.17. The van der Waals surface area contributed by atoms with Gasteiger partial charge in [-0.2, -0.15) is 11.8 Å². The summed E-state index contributed by atoms with van der Waals surface area (Å²) >= 11 is 1.89. The van der Waals surface area contributed by atoms with Gasteiger partial charge in [0, 0.05) is 23.3 Å². The highest BCUT2D eigenvalue weighted by Gasteiger charge is 2.42. The Morgan fingerprint density at radius 3 is 2.76 bits per heavy atom. The number of urea groups is 1. The van der Waals surface area contributed by atoms with Crippen molar-refractivity contribution in [1.29, 1.82) is 0 Å². The molecule has 4 nitrogen and oxygen atoms in total. The zero-order chi connectivity index (χ0) is 12.3. The summed E-state index contributed by atoms with van der Waals surface area (Å²) in [6, 6.07) is 0.258. The average molecular weight is 258 g/mol. The smallest absolute Gasteiger partial charge is 0.315 e. The molecule has 2 atom stereocenters. The first-order valence-corrected chi connectivity index (χ1v) is 7.64. The van der Waals surface area contributed by atoms with Crippen molar-refractivity contribution >= 4 is 17.8 Å². The van der Waals surface area contributed by atoms with Crippen molar-refractivity contribution in [2.24, 2.45) is 5.41 Å². The van der Waals surface area contributed by atoms with Crippen molar-refractivity contribution in [2.45, 2.75) is 43.4 Å². The van der Waals surface area contributed by atoms with E-state index < -0.39 is 0 Å². The van der Waals surface area contributed by atoms with Crippen molar-refractivity contribution in [3.05, 3.63) is 0 Å². The van der Waals surface area contributed by atoms with E-state index in [1.165, 1.54) is 6.42 Å². The number of carbonyl (C=O) groups is 1. The van der Waals surface area contributed by atoms with Gasteiger partial charge in [0.05, 0.1) is 6.61 Å². The number of aliphatic hydroxyl groups excluding tert-OH is 1. The Morgan fingerprint density at radius 2 is 2.24 bits per heavy atom. The summed E-state index contributed by atoms with van der Waals surface area (Å²) in [5.41, 5.74) is -0.00514. The molecule has 2 rings (SSSR count). The van der Waals surface area contributed by atoms with E-state index in [0.717, 1.165) is 25.7 Å². The molecule has 0 aromatic heterocycles. The van der Waals surface area contributed by atoms with Gasteiger partial charge in [-0.05, 0) is 38.4 Å². The average Bonchev–Trinajstić information content (AvgIpc) is 2.99. The second kappa shape index (κ2) is 5.48. The molecule has 2 fully saturated rings. The van der Waals surface area contributed by atoms with E-state index in [4.69, 9.17) is 5.11 Å². The lowest BCUT2D eigenvalue weighted by Gasteiger charge is -2.16. The van der Waals surface area contributed by atoms with Crippen LogP contribution in [0.2, 0.25) is 0 Å². The Balaban J connectivity index is 1.64. The van der Waals surface area contributed by atoms with Crippen molar-refractivity contribution in [3.8, 4) is 0 Å². The molecule has 0 saturated heterocycles. The molecule has 2 aliphatic carbocycles. The molecule has 0 spiro atoms. The molecular formula is C12H22N2O2S. The molecule has 0 aromatic carbocycles. The van der Waals surface area contributed by atoms with Crippen molar-refractivity contribution < 1.29 is 9.90 Å². The Kier molecular flexibility index (Phi) is 4.20. The van der Waals surface area contributed by atoms with Gasteiger partial charge in [-0.1, -0.05) is 0 Å². The molecular weight excluding hydrogens is 236 g/mol. The summed E-state index contributed by atoms with van der Waals surface area (Å²) < 4.78 is 0. The molecule has 2 amide bonds. The highest BCUT2D eigenvalue weighted by atomic mass is 32.2. The van der Waals surface area contributed by atoms with Crippen LogP contribution in [0.5, 0.6) is 0 Å². The van der Waals surface area contributed by atoms with Crippen LogP contribution in [-0.4, -0.2) is 41.8 Å². The topological polar surface area (TPSA) is 61.4 Å². The zero-order valence-electron chi connectivity index (χ0n) is 10.4. The van der Waals surface area contributed by atoms with Crippen LogP contribution in [0, 0.1) is 5.41 Å². The Morgan fingerprint density at radius 1 is 1.47 bits per heavy atom. The van der Waals surface area contributed by atoms with E-state index >= 15 is 0 Å². The third kappa shape index (κ3) is 3.52. The summed E-state index contributed by atoms with van der Waals surface area (Å²) in [4.78, 5) is 11.7. The lowest BCUT2D eigenvalue weighted by Crippen LogP contribution is -2.43. The van der Waals surface area contributed by atoms with Gasteiger partial charge in [-0.3, -0.25) is 0 Å². The van der Waals surface area contributed by atoms with Crippen LogP contribution in [0.4, 0.5) is 4.79 Å². The lowest BCUT2D eigenvalue weighted by molar-refractivity contribution is 0.202. The van der Waals surface area contributed by atoms with E-state index in [2.05, 4.69) is 16.9 Å². The number of aliphatic hydroxyl groups is 1. The van der Waals surface area contributed by atoms with Crippen LogP contribution in [0.3, 0.4) is 0 Å². The van der Waals surface area contributed by atoms with Crippen molar-refractivity contribution in [2.75, 3.05) is 19.4 Å². The standard InChI is InChI=1S/C12H22N2O2S/c1-17-10-3-2-9(6-10)14-11(16)13-7-12(8-15)4-5-12/h9-10,15H,2-8H2,1H3,(H2,13,14,16). The molecule has 0 heterocycles. The van der Waals surface area contributed by atoms with Crippen LogP contribution < -0.4 is 10.6 Å². The molecule has 98 valence electrons. The SMILES string of the molecule is CSC1CCC(NC(=O)NCC2(CO)CC2)C1.